The van der Waals surface area contributed by atoms with Gasteiger partial charge in [0.25, 0.3) is 0 Å². The van der Waals surface area contributed by atoms with E-state index in [1.165, 1.54) is 4.90 Å². The maximum absolute atomic E-state index is 11.0. The van der Waals surface area contributed by atoms with E-state index in [0.717, 1.165) is 24.2 Å². The largest absolute Gasteiger partial charge is 0.465 e. The maximum Gasteiger partial charge on any atom is 0.407 e. The Labute approximate surface area is 111 Å². The highest BCUT2D eigenvalue weighted by Gasteiger charge is 2.33. The Morgan fingerprint density at radius 3 is 3.05 bits per heavy atom. The van der Waals surface area contributed by atoms with Gasteiger partial charge >= 0.3 is 6.09 Å². The van der Waals surface area contributed by atoms with E-state index >= 15 is 0 Å². The molecule has 0 aromatic heterocycles. The first-order chi connectivity index (χ1) is 9.24. The number of likely N-dealkylation sites (tertiary alicyclic amines) is 1. The first-order valence-corrected chi connectivity index (χ1v) is 6.58. The van der Waals surface area contributed by atoms with Gasteiger partial charge in [-0.1, -0.05) is 18.2 Å². The predicted molar refractivity (Wildman–Crippen MR) is 68.0 cm³/mol. The van der Waals surface area contributed by atoms with Crippen LogP contribution in [0.5, 0.6) is 5.75 Å². The van der Waals surface area contributed by atoms with E-state index in [1.54, 1.807) is 0 Å². The molecule has 0 bridgehead atoms. The van der Waals surface area contributed by atoms with E-state index in [-0.39, 0.29) is 12.2 Å². The molecule has 2 heterocycles. The molecule has 0 radical (unpaired) electrons. The Kier molecular flexibility index (Phi) is 3.29. The van der Waals surface area contributed by atoms with Crippen molar-refractivity contribution in [2.75, 3.05) is 13.1 Å². The molecule has 2 unspecified atom stereocenters. The SMILES string of the molecule is O=C(O)N1CCCC(C2OCc3ccccc3O2)C1. The average molecular weight is 263 g/mol. The van der Waals surface area contributed by atoms with Crippen LogP contribution in [0, 0.1) is 5.92 Å². The monoisotopic (exact) mass is 263 g/mol. The molecule has 2 atom stereocenters. The van der Waals surface area contributed by atoms with E-state index in [0.29, 0.717) is 19.7 Å². The van der Waals surface area contributed by atoms with Gasteiger partial charge in [0, 0.05) is 24.6 Å². The Bertz CT molecular complexity index is 476. The summed E-state index contributed by atoms with van der Waals surface area (Å²) in [6, 6.07) is 7.81. The highest BCUT2D eigenvalue weighted by atomic mass is 16.7. The van der Waals surface area contributed by atoms with Crippen molar-refractivity contribution in [2.24, 2.45) is 5.92 Å². The lowest BCUT2D eigenvalue weighted by Gasteiger charge is -2.37. The summed E-state index contributed by atoms with van der Waals surface area (Å²) >= 11 is 0. The van der Waals surface area contributed by atoms with Crippen LogP contribution in [-0.2, 0) is 11.3 Å². The first kappa shape index (κ1) is 12.3. The van der Waals surface area contributed by atoms with Gasteiger partial charge in [0.05, 0.1) is 6.61 Å². The third-order valence-electron chi connectivity index (χ3n) is 3.73. The van der Waals surface area contributed by atoms with Gasteiger partial charge < -0.3 is 19.5 Å². The number of fused-ring (bicyclic) bond motifs is 1. The summed E-state index contributed by atoms with van der Waals surface area (Å²) < 4.78 is 11.6. The van der Waals surface area contributed by atoms with Crippen LogP contribution in [0.3, 0.4) is 0 Å². The van der Waals surface area contributed by atoms with Crippen LogP contribution in [0.15, 0.2) is 24.3 Å². The number of carbonyl (C=O) groups is 1. The number of piperidine rings is 1. The van der Waals surface area contributed by atoms with Gasteiger partial charge in [-0.05, 0) is 18.9 Å². The zero-order chi connectivity index (χ0) is 13.2. The molecule has 5 nitrogen and oxygen atoms in total. The molecule has 2 aliphatic heterocycles. The van der Waals surface area contributed by atoms with Crippen molar-refractivity contribution in [2.45, 2.75) is 25.7 Å². The van der Waals surface area contributed by atoms with Gasteiger partial charge in [-0.2, -0.15) is 0 Å². The molecule has 1 fully saturated rings. The fourth-order valence-electron chi connectivity index (χ4n) is 2.71. The second-order valence-corrected chi connectivity index (χ2v) is 5.04. The Morgan fingerprint density at radius 2 is 2.21 bits per heavy atom. The second-order valence-electron chi connectivity index (χ2n) is 5.04. The second kappa shape index (κ2) is 5.09. The summed E-state index contributed by atoms with van der Waals surface area (Å²) in [7, 11) is 0. The minimum absolute atomic E-state index is 0.109. The zero-order valence-corrected chi connectivity index (χ0v) is 10.6. The molecule has 1 saturated heterocycles. The highest BCUT2D eigenvalue weighted by Crippen LogP contribution is 2.31. The van der Waals surface area contributed by atoms with E-state index in [4.69, 9.17) is 14.6 Å². The molecule has 2 aliphatic rings. The molecular weight excluding hydrogens is 246 g/mol. The number of amides is 1. The first-order valence-electron chi connectivity index (χ1n) is 6.58. The Morgan fingerprint density at radius 1 is 1.37 bits per heavy atom. The zero-order valence-electron chi connectivity index (χ0n) is 10.6. The number of carboxylic acid groups (broad SMARTS) is 1. The lowest BCUT2D eigenvalue weighted by molar-refractivity contribution is -0.149. The van der Waals surface area contributed by atoms with Crippen LogP contribution in [0.25, 0.3) is 0 Å². The van der Waals surface area contributed by atoms with Crippen molar-refractivity contribution in [1.29, 1.82) is 0 Å². The summed E-state index contributed by atoms with van der Waals surface area (Å²) in [4.78, 5) is 12.5. The quantitative estimate of drug-likeness (QED) is 0.844. The number of ether oxygens (including phenoxy) is 2. The van der Waals surface area contributed by atoms with Crippen LogP contribution < -0.4 is 4.74 Å². The number of hydrogen-bond acceptors (Lipinski definition) is 3. The average Bonchev–Trinajstić information content (AvgIpc) is 2.47. The van der Waals surface area contributed by atoms with Crippen LogP contribution in [0.4, 0.5) is 4.79 Å². The number of hydrogen-bond donors (Lipinski definition) is 1. The van der Waals surface area contributed by atoms with Gasteiger partial charge in [-0.3, -0.25) is 0 Å². The van der Waals surface area contributed by atoms with Gasteiger partial charge in [0.2, 0.25) is 6.29 Å². The standard InChI is InChI=1S/C14H17NO4/c16-14(17)15-7-3-5-10(8-15)13-18-9-11-4-1-2-6-12(11)19-13/h1-2,4,6,10,13H,3,5,7-9H2,(H,16,17). The molecule has 102 valence electrons. The summed E-state index contributed by atoms with van der Waals surface area (Å²) in [5, 5.41) is 9.06. The molecule has 1 amide bonds. The lowest BCUT2D eigenvalue weighted by Crippen LogP contribution is -2.46. The van der Waals surface area contributed by atoms with Crippen LogP contribution in [0.2, 0.25) is 0 Å². The molecule has 19 heavy (non-hydrogen) atoms. The fourth-order valence-corrected chi connectivity index (χ4v) is 2.71. The minimum Gasteiger partial charge on any atom is -0.465 e. The minimum atomic E-state index is -0.860. The smallest absolute Gasteiger partial charge is 0.407 e. The molecule has 5 heteroatoms. The van der Waals surface area contributed by atoms with Gasteiger partial charge in [0.1, 0.15) is 5.75 Å². The predicted octanol–water partition coefficient (Wildman–Crippen LogP) is 2.31. The van der Waals surface area contributed by atoms with Crippen LogP contribution >= 0.6 is 0 Å². The highest BCUT2D eigenvalue weighted by molar-refractivity contribution is 5.65. The lowest BCUT2D eigenvalue weighted by atomic mass is 9.97. The summed E-state index contributed by atoms with van der Waals surface area (Å²) in [6.07, 6.45) is 0.608. The molecule has 0 spiro atoms. The Balaban J connectivity index is 1.69. The summed E-state index contributed by atoms with van der Waals surface area (Å²) in [6.45, 7) is 1.63. The van der Waals surface area contributed by atoms with Crippen LogP contribution in [0.1, 0.15) is 18.4 Å². The number of benzene rings is 1. The van der Waals surface area contributed by atoms with Crippen molar-refractivity contribution in [3.05, 3.63) is 29.8 Å². The number of rotatable bonds is 1. The Hall–Kier alpha value is -1.75. The van der Waals surface area contributed by atoms with Crippen molar-refractivity contribution in [3.8, 4) is 5.75 Å². The van der Waals surface area contributed by atoms with Gasteiger partial charge in [-0.25, -0.2) is 4.79 Å². The van der Waals surface area contributed by atoms with Crippen molar-refractivity contribution in [1.82, 2.24) is 4.90 Å². The van der Waals surface area contributed by atoms with Gasteiger partial charge in [-0.15, -0.1) is 0 Å². The van der Waals surface area contributed by atoms with Crippen molar-refractivity contribution >= 4 is 6.09 Å². The van der Waals surface area contributed by atoms with E-state index in [2.05, 4.69) is 0 Å². The molecule has 3 rings (SSSR count). The molecule has 0 aliphatic carbocycles. The topological polar surface area (TPSA) is 59.0 Å². The summed E-state index contributed by atoms with van der Waals surface area (Å²) in [5.41, 5.74) is 1.05. The van der Waals surface area contributed by atoms with E-state index in [1.807, 2.05) is 24.3 Å². The fraction of sp³-hybridized carbons (Fsp3) is 0.500. The number of para-hydroxylation sites is 1. The van der Waals surface area contributed by atoms with Gasteiger partial charge in [0.15, 0.2) is 0 Å². The molecule has 1 aromatic carbocycles. The third kappa shape index (κ3) is 2.51. The number of nitrogens with zero attached hydrogens (tertiary/aromatic N) is 1. The van der Waals surface area contributed by atoms with E-state index < -0.39 is 6.09 Å². The summed E-state index contributed by atoms with van der Waals surface area (Å²) in [5.74, 6) is 0.962. The molecule has 0 saturated carbocycles. The molecular formula is C14H17NO4. The van der Waals surface area contributed by atoms with Crippen molar-refractivity contribution in [3.63, 3.8) is 0 Å². The molecule has 1 N–H and O–H groups in total. The van der Waals surface area contributed by atoms with E-state index in [9.17, 15) is 4.79 Å². The normalized spacial score (nSPS) is 26.4. The van der Waals surface area contributed by atoms with Crippen LogP contribution in [-0.4, -0.2) is 35.5 Å². The molecule has 1 aromatic rings. The van der Waals surface area contributed by atoms with Crippen molar-refractivity contribution < 1.29 is 19.4 Å². The third-order valence-corrected chi connectivity index (χ3v) is 3.73. The maximum atomic E-state index is 11.0.